The van der Waals surface area contributed by atoms with Gasteiger partial charge in [0.05, 0.1) is 0 Å². The minimum absolute atomic E-state index is 0.0456. The molecule has 0 aromatic heterocycles. The summed E-state index contributed by atoms with van der Waals surface area (Å²) < 4.78 is 25.8. The van der Waals surface area contributed by atoms with Crippen LogP contribution in [-0.4, -0.2) is 13.1 Å². The maximum Gasteiger partial charge on any atom is 0.222 e. The van der Waals surface area contributed by atoms with Gasteiger partial charge in [-0.2, -0.15) is 0 Å². The molecule has 1 saturated carbocycles. The zero-order valence-corrected chi connectivity index (χ0v) is 11.2. The first-order valence-electron chi connectivity index (χ1n) is 5.23. The van der Waals surface area contributed by atoms with Crippen molar-refractivity contribution in [1.29, 1.82) is 0 Å². The van der Waals surface area contributed by atoms with Crippen molar-refractivity contribution in [2.75, 3.05) is 4.66 Å². The number of sulfonamides is 1. The van der Waals surface area contributed by atoms with Gasteiger partial charge in [-0.15, -0.1) is 0 Å². The molecule has 0 amide bonds. The Hall–Kier alpha value is -0.390. The lowest BCUT2D eigenvalue weighted by atomic mass is 10.0. The Labute approximate surface area is 104 Å². The van der Waals surface area contributed by atoms with E-state index >= 15 is 0 Å². The number of hydrogen-bond acceptors (Lipinski definition) is 2. The lowest BCUT2D eigenvalue weighted by molar-refractivity contribution is 0.533. The quantitative estimate of drug-likeness (QED) is 0.849. The Morgan fingerprint density at radius 1 is 1.31 bits per heavy atom. The molecule has 1 atom stereocenters. The summed E-state index contributed by atoms with van der Waals surface area (Å²) in [7, 11) is -3.21. The van der Waals surface area contributed by atoms with Crippen molar-refractivity contribution in [2.24, 2.45) is 5.92 Å². The smallest absolute Gasteiger partial charge is 0.212 e. The van der Waals surface area contributed by atoms with Crippen LogP contribution in [0.25, 0.3) is 0 Å². The second kappa shape index (κ2) is 4.85. The highest BCUT2D eigenvalue weighted by molar-refractivity contribution is 9.10. The van der Waals surface area contributed by atoms with Gasteiger partial charge in [-0.05, 0) is 24.3 Å². The van der Waals surface area contributed by atoms with Crippen LogP contribution in [0.2, 0.25) is 0 Å². The van der Waals surface area contributed by atoms with E-state index in [0.717, 1.165) is 18.4 Å². The van der Waals surface area contributed by atoms with Gasteiger partial charge in [0.15, 0.2) is 0 Å². The van der Waals surface area contributed by atoms with Gasteiger partial charge >= 0.3 is 0 Å². The molecule has 0 bridgehead atoms. The highest BCUT2D eigenvalue weighted by Gasteiger charge is 2.34. The third-order valence-electron chi connectivity index (χ3n) is 2.70. The zero-order chi connectivity index (χ0) is 11.6. The fourth-order valence-corrected chi connectivity index (χ4v) is 2.93. The predicted molar refractivity (Wildman–Crippen MR) is 67.8 cm³/mol. The molecule has 1 aromatic rings. The number of hydrogen-bond donors (Lipinski definition) is 1. The molecule has 2 rings (SSSR count). The maximum absolute atomic E-state index is 11.6. The Kier molecular flexibility index (Phi) is 3.66. The molecule has 0 aliphatic heterocycles. The molecule has 1 aliphatic carbocycles. The van der Waals surface area contributed by atoms with Crippen molar-refractivity contribution in [3.05, 3.63) is 35.9 Å². The number of nitrogens with one attached hydrogen (secondary N) is 1. The summed E-state index contributed by atoms with van der Waals surface area (Å²) in [6.45, 7) is 0. The number of alkyl halides is 1. The van der Waals surface area contributed by atoms with E-state index in [1.807, 2.05) is 30.3 Å². The summed E-state index contributed by atoms with van der Waals surface area (Å²) in [5, 5.41) is 0. The third kappa shape index (κ3) is 3.06. The molecule has 0 saturated heterocycles. The van der Waals surface area contributed by atoms with Crippen LogP contribution in [-0.2, 0) is 10.0 Å². The van der Waals surface area contributed by atoms with E-state index in [4.69, 9.17) is 0 Å². The lowest BCUT2D eigenvalue weighted by Crippen LogP contribution is -2.30. The minimum Gasteiger partial charge on any atom is -0.212 e. The van der Waals surface area contributed by atoms with E-state index in [9.17, 15) is 8.42 Å². The average Bonchev–Trinajstić information content (AvgIpc) is 3.11. The van der Waals surface area contributed by atoms with Gasteiger partial charge in [0.25, 0.3) is 0 Å². The molecule has 1 fully saturated rings. The van der Waals surface area contributed by atoms with Crippen molar-refractivity contribution < 1.29 is 8.42 Å². The molecule has 0 radical (unpaired) electrons. The van der Waals surface area contributed by atoms with Crippen molar-refractivity contribution in [3.63, 3.8) is 0 Å². The second-order valence-corrected chi connectivity index (χ2v) is 7.12. The van der Waals surface area contributed by atoms with Crippen LogP contribution in [0.15, 0.2) is 30.3 Å². The molecule has 3 nitrogen and oxygen atoms in total. The molecule has 5 heteroatoms. The maximum atomic E-state index is 11.6. The van der Waals surface area contributed by atoms with E-state index in [-0.39, 0.29) is 10.7 Å². The van der Waals surface area contributed by atoms with E-state index in [0.29, 0.717) is 5.92 Å². The van der Waals surface area contributed by atoms with Gasteiger partial charge < -0.3 is 0 Å². The van der Waals surface area contributed by atoms with Crippen molar-refractivity contribution >= 4 is 26.0 Å². The molecule has 88 valence electrons. The van der Waals surface area contributed by atoms with Gasteiger partial charge in [0, 0.05) is 6.04 Å². The number of halogens is 1. The SMILES string of the molecule is O=S(=O)(CBr)NC(c1ccccc1)C1CC1. The third-order valence-corrected chi connectivity index (χ3v) is 5.41. The molecule has 0 spiro atoms. The summed E-state index contributed by atoms with van der Waals surface area (Å²) in [6, 6.07) is 9.69. The summed E-state index contributed by atoms with van der Waals surface area (Å²) in [5.74, 6) is 0.455. The molecule has 0 heterocycles. The van der Waals surface area contributed by atoms with Gasteiger partial charge in [0.2, 0.25) is 10.0 Å². The van der Waals surface area contributed by atoms with Gasteiger partial charge in [0.1, 0.15) is 4.66 Å². The molecular weight excluding hydrogens is 290 g/mol. The minimum atomic E-state index is -3.21. The molecule has 1 aliphatic rings. The first-order chi connectivity index (χ1) is 7.62. The van der Waals surface area contributed by atoms with Crippen LogP contribution in [0, 0.1) is 5.92 Å². The molecular formula is C11H14BrNO2S. The van der Waals surface area contributed by atoms with Crippen LogP contribution < -0.4 is 4.72 Å². The summed E-state index contributed by atoms with van der Waals surface area (Å²) >= 11 is 2.99. The first-order valence-corrected chi connectivity index (χ1v) is 8.00. The van der Waals surface area contributed by atoms with Crippen molar-refractivity contribution in [1.82, 2.24) is 4.72 Å². The van der Waals surface area contributed by atoms with E-state index in [1.54, 1.807) is 0 Å². The second-order valence-electron chi connectivity index (χ2n) is 4.07. The van der Waals surface area contributed by atoms with E-state index < -0.39 is 10.0 Å². The zero-order valence-electron chi connectivity index (χ0n) is 8.77. The molecule has 1 unspecified atom stereocenters. The normalized spacial score (nSPS) is 18.3. The standard InChI is InChI=1S/C11H14BrNO2S/c12-8-16(14,15)13-11(10-6-7-10)9-4-2-1-3-5-9/h1-5,10-11,13H,6-8H2. The van der Waals surface area contributed by atoms with Gasteiger partial charge in [-0.1, -0.05) is 46.3 Å². The van der Waals surface area contributed by atoms with Crippen LogP contribution in [0.4, 0.5) is 0 Å². The molecule has 1 aromatic carbocycles. The largest absolute Gasteiger partial charge is 0.222 e. The Morgan fingerprint density at radius 3 is 2.44 bits per heavy atom. The van der Waals surface area contributed by atoms with Crippen molar-refractivity contribution in [3.8, 4) is 0 Å². The van der Waals surface area contributed by atoms with E-state index in [2.05, 4.69) is 20.7 Å². The fourth-order valence-electron chi connectivity index (χ4n) is 1.75. The van der Waals surface area contributed by atoms with Crippen molar-refractivity contribution in [2.45, 2.75) is 18.9 Å². The lowest BCUT2D eigenvalue weighted by Gasteiger charge is -2.17. The summed E-state index contributed by atoms with van der Waals surface area (Å²) in [5.41, 5.74) is 1.05. The number of rotatable bonds is 5. The van der Waals surface area contributed by atoms with Crippen LogP contribution >= 0.6 is 15.9 Å². The topological polar surface area (TPSA) is 46.2 Å². The van der Waals surface area contributed by atoms with Gasteiger partial charge in [-0.3, -0.25) is 0 Å². The van der Waals surface area contributed by atoms with Crippen LogP contribution in [0.1, 0.15) is 24.4 Å². The predicted octanol–water partition coefficient (Wildman–Crippen LogP) is 2.41. The Bertz CT molecular complexity index is 442. The van der Waals surface area contributed by atoms with Gasteiger partial charge in [-0.25, -0.2) is 13.1 Å². The first kappa shape index (κ1) is 12.1. The Balaban J connectivity index is 2.19. The highest BCUT2D eigenvalue weighted by atomic mass is 79.9. The average molecular weight is 304 g/mol. The number of benzene rings is 1. The molecule has 1 N–H and O–H groups in total. The Morgan fingerprint density at radius 2 is 1.94 bits per heavy atom. The summed E-state index contributed by atoms with van der Waals surface area (Å²) in [6.07, 6.45) is 2.20. The molecule has 16 heavy (non-hydrogen) atoms. The van der Waals surface area contributed by atoms with Crippen LogP contribution in [0.3, 0.4) is 0 Å². The van der Waals surface area contributed by atoms with Crippen LogP contribution in [0.5, 0.6) is 0 Å². The fraction of sp³-hybridized carbons (Fsp3) is 0.455. The summed E-state index contributed by atoms with van der Waals surface area (Å²) in [4.78, 5) is 0. The van der Waals surface area contributed by atoms with E-state index in [1.165, 1.54) is 0 Å². The highest BCUT2D eigenvalue weighted by Crippen LogP contribution is 2.41. The monoisotopic (exact) mass is 303 g/mol.